The summed E-state index contributed by atoms with van der Waals surface area (Å²) in [6.45, 7) is 22.8. The Morgan fingerprint density at radius 1 is 1.34 bits per heavy atom. The summed E-state index contributed by atoms with van der Waals surface area (Å²) in [6.07, 6.45) is 6.53. The van der Waals surface area contributed by atoms with Crippen molar-refractivity contribution in [1.82, 2.24) is 14.5 Å². The van der Waals surface area contributed by atoms with Crippen molar-refractivity contribution in [2.24, 2.45) is 4.99 Å². The molecule has 0 saturated carbocycles. The average molecular weight is 440 g/mol. The van der Waals surface area contributed by atoms with Crippen molar-refractivity contribution >= 4 is 29.9 Å². The Morgan fingerprint density at radius 3 is 2.47 bits per heavy atom. The van der Waals surface area contributed by atoms with Crippen LogP contribution in [-0.2, 0) is 4.74 Å². The van der Waals surface area contributed by atoms with E-state index in [1.807, 2.05) is 31.4 Å². The van der Waals surface area contributed by atoms with Gasteiger partial charge in [-0.15, -0.1) is 0 Å². The molecule has 0 bridgehead atoms. The van der Waals surface area contributed by atoms with Gasteiger partial charge >= 0.3 is 6.09 Å². The van der Waals surface area contributed by atoms with Crippen LogP contribution in [0.5, 0.6) is 0 Å². The molecule has 1 aliphatic rings. The molecule has 0 aromatic carbocycles. The Kier molecular flexibility index (Phi) is 8.36. The maximum atomic E-state index is 12.3. The molecule has 1 fully saturated rings. The first kappa shape index (κ1) is 25.3. The minimum Gasteiger partial charge on any atom is -0.444 e. The van der Waals surface area contributed by atoms with Crippen LogP contribution in [0.3, 0.4) is 0 Å². The third-order valence-corrected chi connectivity index (χ3v) is 5.43. The zero-order valence-electron chi connectivity index (χ0n) is 20.2. The second kappa shape index (κ2) is 10.6. The van der Waals surface area contributed by atoms with E-state index >= 15 is 0 Å². The highest BCUT2D eigenvalue weighted by Crippen LogP contribution is 2.34. The SMILES string of the molecule is C=Nc1c(C(=C)C(=C)/C=C(/CC)CC(C)=N)ncn1C1CCN(C(=O)OC(C)(C)C)CC1. The Hall–Kier alpha value is -2.96. The van der Waals surface area contributed by atoms with Crippen LogP contribution in [0.4, 0.5) is 10.6 Å². The summed E-state index contributed by atoms with van der Waals surface area (Å²) in [6, 6.07) is 0.166. The number of nitrogens with one attached hydrogen (secondary N) is 1. The molecule has 1 aliphatic heterocycles. The fourth-order valence-corrected chi connectivity index (χ4v) is 3.75. The molecule has 1 aromatic heterocycles. The number of aromatic nitrogens is 2. The van der Waals surface area contributed by atoms with E-state index in [-0.39, 0.29) is 12.1 Å². The molecule has 32 heavy (non-hydrogen) atoms. The molecule has 7 nitrogen and oxygen atoms in total. The van der Waals surface area contributed by atoms with Gasteiger partial charge in [0.15, 0.2) is 5.82 Å². The number of carbonyl (C=O) groups excluding carboxylic acids is 1. The second-order valence-corrected chi connectivity index (χ2v) is 9.30. The van der Waals surface area contributed by atoms with E-state index in [0.29, 0.717) is 42.3 Å². The fourth-order valence-electron chi connectivity index (χ4n) is 3.75. The second-order valence-electron chi connectivity index (χ2n) is 9.30. The van der Waals surface area contributed by atoms with Crippen molar-refractivity contribution in [3.05, 3.63) is 42.4 Å². The minimum absolute atomic E-state index is 0.166. The van der Waals surface area contributed by atoms with Crippen molar-refractivity contribution in [2.75, 3.05) is 13.1 Å². The molecular weight excluding hydrogens is 402 g/mol. The van der Waals surface area contributed by atoms with Gasteiger partial charge in [0.05, 0.1) is 6.33 Å². The van der Waals surface area contributed by atoms with Crippen LogP contribution in [0.25, 0.3) is 5.57 Å². The van der Waals surface area contributed by atoms with E-state index in [0.717, 1.165) is 30.4 Å². The van der Waals surface area contributed by atoms with Crippen molar-refractivity contribution in [3.8, 4) is 0 Å². The van der Waals surface area contributed by atoms with Crippen molar-refractivity contribution in [2.45, 2.75) is 71.9 Å². The Labute approximate surface area is 192 Å². The van der Waals surface area contributed by atoms with Gasteiger partial charge in [-0.25, -0.2) is 14.8 Å². The highest BCUT2D eigenvalue weighted by molar-refractivity contribution is 5.84. The summed E-state index contributed by atoms with van der Waals surface area (Å²) in [5, 5.41) is 7.74. The van der Waals surface area contributed by atoms with E-state index in [9.17, 15) is 4.79 Å². The third-order valence-electron chi connectivity index (χ3n) is 5.43. The van der Waals surface area contributed by atoms with Crippen LogP contribution < -0.4 is 0 Å². The number of carbonyl (C=O) groups is 1. The Balaban J connectivity index is 2.13. The molecule has 1 saturated heterocycles. The normalized spacial score (nSPS) is 15.4. The monoisotopic (exact) mass is 439 g/mol. The van der Waals surface area contributed by atoms with Gasteiger partial charge in [0.1, 0.15) is 11.3 Å². The number of aliphatic imine (C=N–C) groups is 1. The molecule has 2 heterocycles. The van der Waals surface area contributed by atoms with Crippen LogP contribution in [0.15, 0.2) is 41.7 Å². The lowest BCUT2D eigenvalue weighted by Gasteiger charge is -2.34. The lowest BCUT2D eigenvalue weighted by atomic mass is 9.99. The van der Waals surface area contributed by atoms with Gasteiger partial charge < -0.3 is 19.6 Å². The van der Waals surface area contributed by atoms with Crippen LogP contribution >= 0.6 is 0 Å². The first-order valence-corrected chi connectivity index (χ1v) is 11.1. The standard InChI is InChI=1S/C25H37N5O2/c1-9-20(15-18(3)26)14-17(2)19(4)22-23(27-8)30(16-28-22)21-10-12-29(13-11-21)24(31)32-25(5,6)7/h14,16,21,26H,2,4,8-13,15H2,1,3,5-7H3/b20-14-,26-18?. The number of piperidine rings is 1. The molecule has 1 aromatic rings. The third kappa shape index (κ3) is 6.52. The maximum Gasteiger partial charge on any atom is 0.410 e. The van der Waals surface area contributed by atoms with Gasteiger partial charge in [-0.1, -0.05) is 31.7 Å². The summed E-state index contributed by atoms with van der Waals surface area (Å²) >= 11 is 0. The lowest BCUT2D eigenvalue weighted by Crippen LogP contribution is -2.42. The molecule has 1 amide bonds. The first-order chi connectivity index (χ1) is 15.0. The summed E-state index contributed by atoms with van der Waals surface area (Å²) in [4.78, 5) is 22.9. The zero-order valence-corrected chi connectivity index (χ0v) is 20.2. The fraction of sp³-hybridized carbons (Fsp3) is 0.520. The van der Waals surface area contributed by atoms with E-state index in [4.69, 9.17) is 10.1 Å². The largest absolute Gasteiger partial charge is 0.444 e. The molecule has 0 radical (unpaired) electrons. The molecule has 1 N–H and O–H groups in total. The molecule has 174 valence electrons. The van der Waals surface area contributed by atoms with Crippen LogP contribution in [0.2, 0.25) is 0 Å². The quantitative estimate of drug-likeness (QED) is 0.391. The number of hydrogen-bond acceptors (Lipinski definition) is 5. The molecule has 2 rings (SSSR count). The minimum atomic E-state index is -0.501. The molecule has 0 atom stereocenters. The predicted molar refractivity (Wildman–Crippen MR) is 132 cm³/mol. The number of allylic oxidation sites excluding steroid dienone is 4. The number of hydrogen-bond donors (Lipinski definition) is 1. The van der Waals surface area contributed by atoms with Crippen LogP contribution in [-0.4, -0.2) is 51.7 Å². The maximum absolute atomic E-state index is 12.3. The summed E-state index contributed by atoms with van der Waals surface area (Å²) in [5.74, 6) is 0.668. The average Bonchev–Trinajstić information content (AvgIpc) is 3.15. The van der Waals surface area contributed by atoms with E-state index < -0.39 is 5.60 Å². The van der Waals surface area contributed by atoms with E-state index in [1.54, 1.807) is 18.2 Å². The highest BCUT2D eigenvalue weighted by Gasteiger charge is 2.29. The number of rotatable bonds is 8. The lowest BCUT2D eigenvalue weighted by molar-refractivity contribution is 0.0189. The smallest absolute Gasteiger partial charge is 0.410 e. The summed E-state index contributed by atoms with van der Waals surface area (Å²) in [7, 11) is 0. The molecule has 7 heteroatoms. The Morgan fingerprint density at radius 2 is 1.97 bits per heavy atom. The molecule has 0 spiro atoms. The zero-order chi connectivity index (χ0) is 24.1. The predicted octanol–water partition coefficient (Wildman–Crippen LogP) is 6.12. The Bertz CT molecular complexity index is 925. The number of imidazole rings is 1. The van der Waals surface area contributed by atoms with Gasteiger partial charge in [0, 0.05) is 36.8 Å². The van der Waals surface area contributed by atoms with Gasteiger partial charge in [0.25, 0.3) is 0 Å². The molecule has 0 aliphatic carbocycles. The van der Waals surface area contributed by atoms with Gasteiger partial charge in [0.2, 0.25) is 0 Å². The summed E-state index contributed by atoms with van der Waals surface area (Å²) in [5.41, 5.74) is 3.37. The summed E-state index contributed by atoms with van der Waals surface area (Å²) < 4.78 is 7.52. The van der Waals surface area contributed by atoms with Crippen molar-refractivity contribution < 1.29 is 9.53 Å². The van der Waals surface area contributed by atoms with Gasteiger partial charge in [-0.3, -0.25) is 0 Å². The van der Waals surface area contributed by atoms with Crippen LogP contribution in [0.1, 0.15) is 72.0 Å². The molecular formula is C25H37N5O2. The number of amides is 1. The first-order valence-electron chi connectivity index (χ1n) is 11.1. The number of nitrogens with zero attached hydrogens (tertiary/aromatic N) is 4. The topological polar surface area (TPSA) is 83.6 Å². The van der Waals surface area contributed by atoms with E-state index in [1.165, 1.54) is 0 Å². The van der Waals surface area contributed by atoms with Crippen molar-refractivity contribution in [3.63, 3.8) is 0 Å². The molecule has 0 unspecified atom stereocenters. The van der Waals surface area contributed by atoms with E-state index in [2.05, 4.69) is 36.8 Å². The number of ether oxygens (including phenoxy) is 1. The number of likely N-dealkylation sites (tertiary alicyclic amines) is 1. The van der Waals surface area contributed by atoms with Crippen LogP contribution in [0, 0.1) is 5.41 Å². The van der Waals surface area contributed by atoms with Gasteiger partial charge in [-0.2, -0.15) is 0 Å². The van der Waals surface area contributed by atoms with Crippen molar-refractivity contribution in [1.29, 1.82) is 5.41 Å². The highest BCUT2D eigenvalue weighted by atomic mass is 16.6. The van der Waals surface area contributed by atoms with Gasteiger partial charge in [-0.05, 0) is 59.2 Å².